The predicted octanol–water partition coefficient (Wildman–Crippen LogP) is -0.442. The maximum atomic E-state index is 12.0. The van der Waals surface area contributed by atoms with E-state index < -0.39 is 25.2 Å². The van der Waals surface area contributed by atoms with E-state index in [2.05, 4.69) is 10.3 Å². The molecule has 0 aromatic rings. The number of carbonyl (C=O) groups excluding carboxylic acids is 1. The number of aliphatic imine (C=N–C) groups is 1. The molecule has 0 saturated heterocycles. The quantitative estimate of drug-likeness (QED) is 0.389. The molecule has 6 nitrogen and oxygen atoms in total. The fourth-order valence-corrected chi connectivity index (χ4v) is 0.968. The van der Waals surface area contributed by atoms with Crippen molar-refractivity contribution in [2.45, 2.75) is 6.18 Å². The van der Waals surface area contributed by atoms with Crippen LogP contribution in [0, 0.1) is 0 Å². The highest BCUT2D eigenvalue weighted by Gasteiger charge is 2.30. The average Bonchev–Trinajstić information content (AvgIpc) is 2.23. The van der Waals surface area contributed by atoms with Crippen molar-refractivity contribution in [1.82, 2.24) is 10.2 Å². The molecule has 0 spiro atoms. The molecular weight excluding hydrogens is 253 g/mol. The van der Waals surface area contributed by atoms with Crippen molar-refractivity contribution in [3.8, 4) is 0 Å². The molecule has 3 N–H and O–H groups in total. The molecule has 0 aliphatic heterocycles. The molecule has 0 radical (unpaired) electrons. The molecule has 0 aliphatic carbocycles. The second kappa shape index (κ2) is 7.75. The number of hydrogen-bond acceptors (Lipinski definition) is 3. The summed E-state index contributed by atoms with van der Waals surface area (Å²) in [6, 6.07) is 0. The van der Waals surface area contributed by atoms with Gasteiger partial charge in [-0.2, -0.15) is 13.2 Å². The third-order valence-corrected chi connectivity index (χ3v) is 1.84. The summed E-state index contributed by atoms with van der Waals surface area (Å²) in [6.45, 7) is -0.937. The van der Waals surface area contributed by atoms with Gasteiger partial charge in [0.25, 0.3) is 0 Å². The summed E-state index contributed by atoms with van der Waals surface area (Å²) in [7, 11) is 2.56. The first kappa shape index (κ1) is 16.5. The van der Waals surface area contributed by atoms with Crippen LogP contribution < -0.4 is 11.1 Å². The Hall–Kier alpha value is -1.51. The van der Waals surface area contributed by atoms with Gasteiger partial charge in [0.15, 0.2) is 5.96 Å². The van der Waals surface area contributed by atoms with Gasteiger partial charge in [0, 0.05) is 20.7 Å². The van der Waals surface area contributed by atoms with Crippen molar-refractivity contribution < 1.29 is 22.7 Å². The Balaban J connectivity index is 4.04. The zero-order valence-corrected chi connectivity index (χ0v) is 10.3. The van der Waals surface area contributed by atoms with Crippen LogP contribution >= 0.6 is 0 Å². The molecular formula is C9H17F3N4O2. The Labute approximate surface area is 103 Å². The molecule has 0 aromatic carbocycles. The van der Waals surface area contributed by atoms with E-state index in [1.807, 2.05) is 0 Å². The summed E-state index contributed by atoms with van der Waals surface area (Å²) >= 11 is 0. The smallest absolute Gasteiger partial charge is 0.383 e. The zero-order valence-electron chi connectivity index (χ0n) is 10.3. The lowest BCUT2D eigenvalue weighted by Gasteiger charge is -2.17. The topological polar surface area (TPSA) is 80.0 Å². The first-order valence-electron chi connectivity index (χ1n) is 5.09. The lowest BCUT2D eigenvalue weighted by Crippen LogP contribution is -2.39. The van der Waals surface area contributed by atoms with Crippen molar-refractivity contribution in [1.29, 1.82) is 0 Å². The van der Waals surface area contributed by atoms with Gasteiger partial charge >= 0.3 is 6.18 Å². The summed E-state index contributed by atoms with van der Waals surface area (Å²) in [6.07, 6.45) is -4.42. The van der Waals surface area contributed by atoms with Crippen LogP contribution in [-0.2, 0) is 9.53 Å². The first-order valence-corrected chi connectivity index (χ1v) is 5.09. The van der Waals surface area contributed by atoms with Gasteiger partial charge in [0.05, 0.1) is 6.61 Å². The summed E-state index contributed by atoms with van der Waals surface area (Å²) in [4.78, 5) is 15.4. The van der Waals surface area contributed by atoms with E-state index in [4.69, 9.17) is 10.5 Å². The summed E-state index contributed by atoms with van der Waals surface area (Å²) in [5.41, 5.74) is 5.38. The minimum absolute atomic E-state index is 0.0131. The Bertz CT molecular complexity index is 294. The fourth-order valence-electron chi connectivity index (χ4n) is 0.968. The van der Waals surface area contributed by atoms with Gasteiger partial charge in [-0.25, -0.2) is 4.99 Å². The molecule has 0 saturated carbocycles. The first-order chi connectivity index (χ1) is 8.26. The van der Waals surface area contributed by atoms with Crippen LogP contribution in [0.5, 0.6) is 0 Å². The fraction of sp³-hybridized carbons (Fsp3) is 0.778. The molecule has 0 aromatic heterocycles. The van der Waals surface area contributed by atoms with E-state index in [9.17, 15) is 18.0 Å². The van der Waals surface area contributed by atoms with Crippen molar-refractivity contribution in [2.75, 3.05) is 40.4 Å². The Morgan fingerprint density at radius 1 is 1.50 bits per heavy atom. The minimum Gasteiger partial charge on any atom is -0.383 e. The number of nitrogens with zero attached hydrogens (tertiary/aromatic N) is 2. The number of rotatable bonds is 6. The van der Waals surface area contributed by atoms with Crippen molar-refractivity contribution in [3.05, 3.63) is 0 Å². The lowest BCUT2D eigenvalue weighted by molar-refractivity contribution is -0.157. The van der Waals surface area contributed by atoms with Crippen LogP contribution in [0.4, 0.5) is 13.2 Å². The molecule has 0 fully saturated rings. The monoisotopic (exact) mass is 270 g/mol. The predicted molar refractivity (Wildman–Crippen MR) is 60.1 cm³/mol. The molecule has 9 heteroatoms. The Morgan fingerprint density at radius 2 is 2.11 bits per heavy atom. The van der Waals surface area contributed by atoms with E-state index >= 15 is 0 Å². The number of guanidine groups is 1. The number of ether oxygens (including phenoxy) is 1. The standard InChI is InChI=1S/C9H17F3N4O2/c1-16(6-9(10,11)12)7(17)5-15-8(13)14-3-4-18-2/h3-6H2,1-2H3,(H3,13,14,15). The van der Waals surface area contributed by atoms with Crippen LogP contribution in [0.25, 0.3) is 0 Å². The lowest BCUT2D eigenvalue weighted by atomic mass is 10.5. The van der Waals surface area contributed by atoms with Crippen molar-refractivity contribution >= 4 is 11.9 Å². The molecule has 106 valence electrons. The van der Waals surface area contributed by atoms with Crippen LogP contribution in [0.15, 0.2) is 4.99 Å². The zero-order chi connectivity index (χ0) is 14.2. The number of nitrogens with two attached hydrogens (primary N) is 1. The van der Waals surface area contributed by atoms with Gasteiger partial charge in [-0.05, 0) is 0 Å². The Morgan fingerprint density at radius 3 is 2.61 bits per heavy atom. The molecule has 18 heavy (non-hydrogen) atoms. The van der Waals surface area contributed by atoms with Crippen LogP contribution in [0.3, 0.4) is 0 Å². The van der Waals surface area contributed by atoms with E-state index in [1.165, 1.54) is 7.11 Å². The average molecular weight is 270 g/mol. The number of halogens is 3. The normalized spacial score (nSPS) is 12.4. The largest absolute Gasteiger partial charge is 0.406 e. The van der Waals surface area contributed by atoms with Gasteiger partial charge in [-0.15, -0.1) is 0 Å². The number of alkyl halides is 3. The molecule has 0 bridgehead atoms. The summed E-state index contributed by atoms with van der Waals surface area (Å²) in [5.74, 6) is -0.773. The minimum atomic E-state index is -4.42. The number of methoxy groups -OCH3 is 1. The third-order valence-electron chi connectivity index (χ3n) is 1.84. The molecule has 0 atom stereocenters. The van der Waals surface area contributed by atoms with Crippen LogP contribution in [-0.4, -0.2) is 63.3 Å². The number of carbonyl (C=O) groups is 1. The van der Waals surface area contributed by atoms with E-state index in [0.29, 0.717) is 18.1 Å². The van der Waals surface area contributed by atoms with Crippen molar-refractivity contribution in [3.63, 3.8) is 0 Å². The SMILES string of the molecule is COCCNC(N)=NCC(=O)N(C)CC(F)(F)F. The van der Waals surface area contributed by atoms with Gasteiger partial charge in [0.1, 0.15) is 13.1 Å². The Kier molecular flexibility index (Phi) is 7.10. The summed E-state index contributed by atoms with van der Waals surface area (Å²) < 4.78 is 40.7. The highest BCUT2D eigenvalue weighted by molar-refractivity contribution is 5.83. The molecule has 1 amide bonds. The third kappa shape index (κ3) is 8.62. The van der Waals surface area contributed by atoms with Gasteiger partial charge < -0.3 is 20.7 Å². The second-order valence-electron chi connectivity index (χ2n) is 3.49. The van der Waals surface area contributed by atoms with E-state index in [1.54, 1.807) is 0 Å². The molecule has 0 rings (SSSR count). The van der Waals surface area contributed by atoms with E-state index in [-0.39, 0.29) is 5.96 Å². The number of hydrogen-bond donors (Lipinski definition) is 2. The van der Waals surface area contributed by atoms with Crippen LogP contribution in [0.1, 0.15) is 0 Å². The summed E-state index contributed by atoms with van der Waals surface area (Å²) in [5, 5.41) is 2.64. The maximum absolute atomic E-state index is 12.0. The number of nitrogens with one attached hydrogen (secondary N) is 1. The second-order valence-corrected chi connectivity index (χ2v) is 3.49. The highest BCUT2D eigenvalue weighted by atomic mass is 19.4. The van der Waals surface area contributed by atoms with Gasteiger partial charge in [-0.1, -0.05) is 0 Å². The number of likely N-dealkylation sites (N-methyl/N-ethyl adjacent to an activating group) is 1. The van der Waals surface area contributed by atoms with Gasteiger partial charge in [-0.3, -0.25) is 4.79 Å². The maximum Gasteiger partial charge on any atom is 0.406 e. The number of amides is 1. The molecule has 0 heterocycles. The highest BCUT2D eigenvalue weighted by Crippen LogP contribution is 2.15. The van der Waals surface area contributed by atoms with Crippen molar-refractivity contribution in [2.24, 2.45) is 10.7 Å². The van der Waals surface area contributed by atoms with Gasteiger partial charge in [0.2, 0.25) is 5.91 Å². The van der Waals surface area contributed by atoms with Crippen LogP contribution in [0.2, 0.25) is 0 Å². The molecule has 0 unspecified atom stereocenters. The van der Waals surface area contributed by atoms with E-state index in [0.717, 1.165) is 7.05 Å². The molecule has 0 aliphatic rings.